The highest BCUT2D eigenvalue weighted by molar-refractivity contribution is 4.83. The van der Waals surface area contributed by atoms with Gasteiger partial charge in [0.1, 0.15) is 12.4 Å². The fourth-order valence-electron chi connectivity index (χ4n) is 2.42. The Morgan fingerprint density at radius 1 is 1.35 bits per heavy atom. The molecule has 2 atom stereocenters. The Bertz CT molecular complexity index is 213. The lowest BCUT2D eigenvalue weighted by molar-refractivity contribution is 0.0724. The van der Waals surface area contributed by atoms with E-state index in [1.165, 1.54) is 32.1 Å². The van der Waals surface area contributed by atoms with Crippen molar-refractivity contribution in [3.63, 3.8) is 0 Å². The Morgan fingerprint density at radius 2 is 2.18 bits per heavy atom. The van der Waals surface area contributed by atoms with Crippen molar-refractivity contribution in [3.8, 4) is 0 Å². The third kappa shape index (κ3) is 6.72. The monoisotopic (exact) mass is 240 g/mol. The van der Waals surface area contributed by atoms with Crippen molar-refractivity contribution in [2.24, 2.45) is 11.8 Å². The van der Waals surface area contributed by atoms with Crippen LogP contribution in [0.15, 0.2) is 12.3 Å². The van der Waals surface area contributed by atoms with E-state index in [-0.39, 0.29) is 0 Å². The molecule has 0 amide bonds. The Kier molecular flexibility index (Phi) is 7.34. The first-order valence-electron chi connectivity index (χ1n) is 7.10. The highest BCUT2D eigenvalue weighted by Crippen LogP contribution is 2.28. The maximum Gasteiger partial charge on any atom is 0.114 e. The van der Waals surface area contributed by atoms with Crippen molar-refractivity contribution in [3.05, 3.63) is 12.3 Å². The lowest BCUT2D eigenvalue weighted by Crippen LogP contribution is -2.18. The van der Waals surface area contributed by atoms with Crippen molar-refractivity contribution in [2.45, 2.75) is 52.4 Å². The molecule has 0 spiro atoms. The zero-order chi connectivity index (χ0) is 12.5. The summed E-state index contributed by atoms with van der Waals surface area (Å²) in [6.45, 7) is 10.6. The molecular weight excluding hydrogens is 212 g/mol. The van der Waals surface area contributed by atoms with Crippen LogP contribution in [0.25, 0.3) is 0 Å². The van der Waals surface area contributed by atoms with E-state index in [0.717, 1.165) is 37.2 Å². The van der Waals surface area contributed by atoms with Crippen molar-refractivity contribution >= 4 is 0 Å². The molecule has 0 bridgehead atoms. The Morgan fingerprint density at radius 3 is 2.88 bits per heavy atom. The molecule has 0 aromatic carbocycles. The average Bonchev–Trinajstić information content (AvgIpc) is 2.32. The van der Waals surface area contributed by atoms with E-state index in [0.29, 0.717) is 6.61 Å². The Hall–Kier alpha value is -0.500. The fraction of sp³-hybridized carbons (Fsp3) is 0.867. The maximum absolute atomic E-state index is 5.69. The van der Waals surface area contributed by atoms with Crippen LogP contribution in [-0.4, -0.2) is 19.8 Å². The van der Waals surface area contributed by atoms with Gasteiger partial charge in [0.2, 0.25) is 0 Å². The molecule has 1 fully saturated rings. The minimum absolute atomic E-state index is 0.558. The molecule has 0 N–H and O–H groups in total. The van der Waals surface area contributed by atoms with Gasteiger partial charge in [0.25, 0.3) is 0 Å². The van der Waals surface area contributed by atoms with Crippen molar-refractivity contribution in [2.75, 3.05) is 19.8 Å². The molecular formula is C15H28O2. The third-order valence-corrected chi connectivity index (χ3v) is 3.47. The molecule has 2 unspecified atom stereocenters. The van der Waals surface area contributed by atoms with Gasteiger partial charge in [0.15, 0.2) is 0 Å². The average molecular weight is 240 g/mol. The van der Waals surface area contributed by atoms with Crippen LogP contribution in [-0.2, 0) is 9.47 Å². The van der Waals surface area contributed by atoms with Gasteiger partial charge >= 0.3 is 0 Å². The Balaban J connectivity index is 2.02. The van der Waals surface area contributed by atoms with Crippen LogP contribution >= 0.6 is 0 Å². The minimum Gasteiger partial charge on any atom is -0.496 e. The molecule has 1 rings (SSSR count). The summed E-state index contributed by atoms with van der Waals surface area (Å²) in [5, 5.41) is 0. The van der Waals surface area contributed by atoms with Gasteiger partial charge in [-0.3, -0.25) is 0 Å². The van der Waals surface area contributed by atoms with E-state index in [4.69, 9.17) is 9.47 Å². The minimum atomic E-state index is 0.558. The summed E-state index contributed by atoms with van der Waals surface area (Å²) in [5.74, 6) is 2.39. The van der Waals surface area contributed by atoms with E-state index in [9.17, 15) is 0 Å². The normalized spacial score (nSPS) is 24.6. The maximum atomic E-state index is 5.69. The second kappa shape index (κ2) is 8.57. The van der Waals surface area contributed by atoms with E-state index in [1.807, 2.05) is 0 Å². The fourth-order valence-corrected chi connectivity index (χ4v) is 2.42. The summed E-state index contributed by atoms with van der Waals surface area (Å²) in [7, 11) is 0. The van der Waals surface area contributed by atoms with E-state index in [1.54, 1.807) is 0 Å². The summed E-state index contributed by atoms with van der Waals surface area (Å²) in [4.78, 5) is 0. The second-order valence-electron chi connectivity index (χ2n) is 5.39. The van der Waals surface area contributed by atoms with Crippen LogP contribution in [0.3, 0.4) is 0 Å². The molecule has 0 heterocycles. The highest BCUT2D eigenvalue weighted by Gasteiger charge is 2.19. The third-order valence-electron chi connectivity index (χ3n) is 3.47. The van der Waals surface area contributed by atoms with Crippen molar-refractivity contribution in [1.82, 2.24) is 0 Å². The molecule has 2 nitrogen and oxygen atoms in total. The molecule has 0 aliphatic heterocycles. The van der Waals surface area contributed by atoms with Crippen LogP contribution < -0.4 is 0 Å². The first-order chi connectivity index (χ1) is 8.22. The molecule has 0 saturated heterocycles. The zero-order valence-corrected chi connectivity index (χ0v) is 11.5. The van der Waals surface area contributed by atoms with Gasteiger partial charge in [-0.15, -0.1) is 0 Å². The number of ether oxygens (including phenoxy) is 2. The number of unbranched alkanes of at least 4 members (excludes halogenated alkanes) is 1. The molecule has 0 radical (unpaired) electrons. The van der Waals surface area contributed by atoms with Gasteiger partial charge in [-0.1, -0.05) is 39.7 Å². The Labute approximate surface area is 106 Å². The summed E-state index contributed by atoms with van der Waals surface area (Å²) >= 11 is 0. The zero-order valence-electron chi connectivity index (χ0n) is 11.5. The predicted octanol–water partition coefficient (Wildman–Crippen LogP) is 4.16. The quantitative estimate of drug-likeness (QED) is 0.468. The first kappa shape index (κ1) is 14.6. The van der Waals surface area contributed by atoms with E-state index < -0.39 is 0 Å². The van der Waals surface area contributed by atoms with Gasteiger partial charge in [0.05, 0.1) is 6.61 Å². The largest absolute Gasteiger partial charge is 0.496 e. The molecule has 1 saturated carbocycles. The summed E-state index contributed by atoms with van der Waals surface area (Å²) in [6, 6.07) is 0. The summed E-state index contributed by atoms with van der Waals surface area (Å²) in [6.07, 6.45) is 7.66. The van der Waals surface area contributed by atoms with E-state index in [2.05, 4.69) is 20.4 Å². The van der Waals surface area contributed by atoms with Gasteiger partial charge in [-0.25, -0.2) is 0 Å². The number of hydrogen-bond acceptors (Lipinski definition) is 2. The lowest BCUT2D eigenvalue weighted by Gasteiger charge is -2.26. The van der Waals surface area contributed by atoms with Crippen molar-refractivity contribution in [1.29, 1.82) is 0 Å². The van der Waals surface area contributed by atoms with Crippen LogP contribution in [0.1, 0.15) is 52.4 Å². The number of hydrogen-bond donors (Lipinski definition) is 0. The van der Waals surface area contributed by atoms with Crippen LogP contribution in [0.2, 0.25) is 0 Å². The smallest absolute Gasteiger partial charge is 0.114 e. The molecule has 1 aliphatic carbocycles. The van der Waals surface area contributed by atoms with Gasteiger partial charge < -0.3 is 9.47 Å². The van der Waals surface area contributed by atoms with Crippen LogP contribution in [0.4, 0.5) is 0 Å². The standard InChI is InChI=1S/C15H28O2/c1-4-5-9-16-11-14(3)17-12-15-8-6-7-13(2)10-15/h13,15H,3-12H2,1-2H3. The van der Waals surface area contributed by atoms with Gasteiger partial charge in [0, 0.05) is 6.61 Å². The topological polar surface area (TPSA) is 18.5 Å². The predicted molar refractivity (Wildman–Crippen MR) is 71.9 cm³/mol. The first-order valence-corrected chi connectivity index (χ1v) is 7.10. The summed E-state index contributed by atoms with van der Waals surface area (Å²) in [5.41, 5.74) is 0. The lowest BCUT2D eigenvalue weighted by atomic mass is 9.83. The van der Waals surface area contributed by atoms with Gasteiger partial charge in [-0.05, 0) is 31.1 Å². The van der Waals surface area contributed by atoms with Crippen LogP contribution in [0.5, 0.6) is 0 Å². The second-order valence-corrected chi connectivity index (χ2v) is 5.39. The van der Waals surface area contributed by atoms with Crippen LogP contribution in [0, 0.1) is 11.8 Å². The molecule has 0 aromatic rings. The van der Waals surface area contributed by atoms with Crippen molar-refractivity contribution < 1.29 is 9.47 Å². The molecule has 2 heteroatoms. The van der Waals surface area contributed by atoms with Gasteiger partial charge in [-0.2, -0.15) is 0 Å². The molecule has 17 heavy (non-hydrogen) atoms. The molecule has 0 aromatic heterocycles. The molecule has 1 aliphatic rings. The van der Waals surface area contributed by atoms with E-state index >= 15 is 0 Å². The summed E-state index contributed by atoms with van der Waals surface area (Å²) < 4.78 is 11.2. The SMILES string of the molecule is C=C(COCCCC)OCC1CCCC(C)C1. The molecule has 100 valence electrons. The number of rotatable bonds is 8. The highest BCUT2D eigenvalue weighted by atomic mass is 16.5.